The molecule has 0 aliphatic carbocycles. The Kier molecular flexibility index (Phi) is 6.98. The average Bonchev–Trinajstić information content (AvgIpc) is 3.19. The smallest absolute Gasteiger partial charge is 0.274 e. The number of allylic oxidation sites excluding steroid dienone is 2. The molecule has 1 saturated heterocycles. The zero-order chi connectivity index (χ0) is 23.6. The number of carbonyl (C=O) groups is 2. The zero-order valence-corrected chi connectivity index (χ0v) is 18.6. The van der Waals surface area contributed by atoms with E-state index < -0.39 is 17.5 Å². The van der Waals surface area contributed by atoms with E-state index in [1.807, 2.05) is 6.92 Å². The van der Waals surface area contributed by atoms with Gasteiger partial charge in [-0.2, -0.15) is 0 Å². The van der Waals surface area contributed by atoms with Gasteiger partial charge in [0.1, 0.15) is 17.3 Å². The van der Waals surface area contributed by atoms with Crippen molar-refractivity contribution in [2.24, 2.45) is 0 Å². The van der Waals surface area contributed by atoms with Gasteiger partial charge in [0.2, 0.25) is 0 Å². The van der Waals surface area contributed by atoms with Gasteiger partial charge < -0.3 is 25.5 Å². The fourth-order valence-electron chi connectivity index (χ4n) is 4.03. The molecule has 3 rings (SSSR count). The molecular weight excluding hydrogens is 418 g/mol. The highest BCUT2D eigenvalue weighted by atomic mass is 19.1. The summed E-state index contributed by atoms with van der Waals surface area (Å²) in [4.78, 5) is 29.4. The minimum atomic E-state index is -0.758. The first-order valence-corrected chi connectivity index (χ1v) is 10.5. The lowest BCUT2D eigenvalue weighted by molar-refractivity contribution is -0.127. The second-order valence-corrected chi connectivity index (χ2v) is 7.68. The normalized spacial score (nSPS) is 19.5. The fourth-order valence-corrected chi connectivity index (χ4v) is 4.03. The summed E-state index contributed by atoms with van der Waals surface area (Å²) >= 11 is 0. The second kappa shape index (κ2) is 9.52. The van der Waals surface area contributed by atoms with Gasteiger partial charge in [-0.05, 0) is 33.4 Å². The van der Waals surface area contributed by atoms with Crippen LogP contribution in [0.25, 0.3) is 0 Å². The standard InChI is InChI=1S/C23H28F2N4O3/c1-5-15-18(22(31)27-12-13-7-8-14(24)11-16(13)25)19-17(26-3)9-10-29(19)20(21(15)30)23(32)28(4)6-2/h5,7-8,11,17,26,30H,6,9-10,12H2,1-4H3,(H,27,31)/b15-5+. The Labute approximate surface area is 186 Å². The molecular formula is C23H28F2N4O3. The minimum Gasteiger partial charge on any atom is -0.505 e. The largest absolute Gasteiger partial charge is 0.505 e. The Bertz CT molecular complexity index is 1030. The lowest BCUT2D eigenvalue weighted by Crippen LogP contribution is -2.42. The van der Waals surface area contributed by atoms with Crippen LogP contribution in [0.4, 0.5) is 8.78 Å². The van der Waals surface area contributed by atoms with Crippen molar-refractivity contribution in [3.8, 4) is 0 Å². The quantitative estimate of drug-likeness (QED) is 0.625. The first-order valence-electron chi connectivity index (χ1n) is 10.5. The van der Waals surface area contributed by atoms with Crippen molar-refractivity contribution in [3.05, 3.63) is 69.8 Å². The van der Waals surface area contributed by atoms with Crippen LogP contribution in [0, 0.1) is 11.6 Å². The summed E-state index contributed by atoms with van der Waals surface area (Å²) in [5, 5.41) is 16.8. The van der Waals surface area contributed by atoms with E-state index in [0.717, 1.165) is 12.1 Å². The molecule has 1 aromatic rings. The second-order valence-electron chi connectivity index (χ2n) is 7.68. The van der Waals surface area contributed by atoms with Crippen LogP contribution < -0.4 is 10.6 Å². The summed E-state index contributed by atoms with van der Waals surface area (Å²) in [6.07, 6.45) is 2.21. The molecule has 2 amide bonds. The van der Waals surface area contributed by atoms with E-state index in [9.17, 15) is 23.5 Å². The number of likely N-dealkylation sites (N-methyl/N-ethyl adjacent to an activating group) is 2. The molecule has 0 saturated carbocycles. The number of aliphatic hydroxyl groups excluding tert-OH is 1. The molecule has 1 aromatic carbocycles. The number of hydrogen-bond donors (Lipinski definition) is 3. The fraction of sp³-hybridized carbons (Fsp3) is 0.391. The molecule has 9 heteroatoms. The first kappa shape index (κ1) is 23.5. The maximum Gasteiger partial charge on any atom is 0.274 e. The van der Waals surface area contributed by atoms with Crippen LogP contribution in [0.15, 0.2) is 52.6 Å². The molecule has 32 heavy (non-hydrogen) atoms. The third-order valence-corrected chi connectivity index (χ3v) is 5.88. The number of aliphatic hydroxyl groups is 1. The SMILES string of the molecule is C/C=C1/C(O)=C(C(=O)N(C)CC)N2CCC(NC)C2=C1C(=O)NCc1ccc(F)cc1F. The monoisotopic (exact) mass is 446 g/mol. The molecule has 0 spiro atoms. The lowest BCUT2D eigenvalue weighted by atomic mass is 9.92. The highest BCUT2D eigenvalue weighted by Gasteiger charge is 2.43. The number of carbonyl (C=O) groups excluding carboxylic acids is 2. The molecule has 0 aromatic heterocycles. The predicted molar refractivity (Wildman–Crippen MR) is 116 cm³/mol. The molecule has 2 aliphatic heterocycles. The van der Waals surface area contributed by atoms with Crippen LogP contribution in [0.1, 0.15) is 25.8 Å². The van der Waals surface area contributed by atoms with Crippen LogP contribution >= 0.6 is 0 Å². The highest BCUT2D eigenvalue weighted by Crippen LogP contribution is 2.40. The van der Waals surface area contributed by atoms with Crippen LogP contribution in [0.3, 0.4) is 0 Å². The molecule has 2 heterocycles. The Balaban J connectivity index is 2.01. The van der Waals surface area contributed by atoms with Gasteiger partial charge in [-0.3, -0.25) is 9.59 Å². The van der Waals surface area contributed by atoms with Crippen molar-refractivity contribution in [2.45, 2.75) is 32.9 Å². The van der Waals surface area contributed by atoms with Gasteiger partial charge in [0.05, 0.1) is 5.57 Å². The topological polar surface area (TPSA) is 84.9 Å². The van der Waals surface area contributed by atoms with Crippen molar-refractivity contribution < 1.29 is 23.5 Å². The first-order chi connectivity index (χ1) is 15.2. The molecule has 1 fully saturated rings. The van der Waals surface area contributed by atoms with Crippen molar-refractivity contribution in [1.82, 2.24) is 20.4 Å². The number of nitrogens with one attached hydrogen (secondary N) is 2. The van der Waals surface area contributed by atoms with Gasteiger partial charge in [0.25, 0.3) is 11.8 Å². The summed E-state index contributed by atoms with van der Waals surface area (Å²) in [6.45, 7) is 4.25. The number of hydrogen-bond acceptors (Lipinski definition) is 5. The van der Waals surface area contributed by atoms with Gasteiger partial charge in [-0.1, -0.05) is 12.1 Å². The van der Waals surface area contributed by atoms with Gasteiger partial charge >= 0.3 is 0 Å². The third kappa shape index (κ3) is 4.12. The van der Waals surface area contributed by atoms with Crippen molar-refractivity contribution in [1.29, 1.82) is 0 Å². The van der Waals surface area contributed by atoms with Crippen molar-refractivity contribution in [3.63, 3.8) is 0 Å². The van der Waals surface area contributed by atoms with E-state index in [1.54, 1.807) is 32.0 Å². The van der Waals surface area contributed by atoms with Crippen LogP contribution in [0.2, 0.25) is 0 Å². The van der Waals surface area contributed by atoms with Crippen LogP contribution in [-0.4, -0.2) is 59.9 Å². The average molecular weight is 446 g/mol. The molecule has 1 atom stereocenters. The van der Waals surface area contributed by atoms with E-state index in [4.69, 9.17) is 0 Å². The Morgan fingerprint density at radius 2 is 2.06 bits per heavy atom. The van der Waals surface area contributed by atoms with Gasteiger partial charge in [-0.25, -0.2) is 8.78 Å². The molecule has 2 aliphatic rings. The molecule has 3 N–H and O–H groups in total. The number of nitrogens with zero attached hydrogens (tertiary/aromatic N) is 2. The van der Waals surface area contributed by atoms with E-state index >= 15 is 0 Å². The van der Waals surface area contributed by atoms with E-state index in [2.05, 4.69) is 10.6 Å². The van der Waals surface area contributed by atoms with Crippen molar-refractivity contribution >= 4 is 11.8 Å². The van der Waals surface area contributed by atoms with Crippen LogP contribution in [0.5, 0.6) is 0 Å². The Hall–Kier alpha value is -3.20. The summed E-state index contributed by atoms with van der Waals surface area (Å²) in [5.41, 5.74) is 1.32. The van der Waals surface area contributed by atoms with E-state index in [-0.39, 0.29) is 46.7 Å². The number of amides is 2. The van der Waals surface area contributed by atoms with E-state index in [0.29, 0.717) is 25.2 Å². The van der Waals surface area contributed by atoms with Gasteiger partial charge in [0, 0.05) is 55.6 Å². The van der Waals surface area contributed by atoms with Gasteiger partial charge in [0.15, 0.2) is 5.76 Å². The van der Waals surface area contributed by atoms with Gasteiger partial charge in [-0.15, -0.1) is 0 Å². The number of fused-ring (bicyclic) bond motifs is 1. The maximum atomic E-state index is 14.0. The minimum absolute atomic E-state index is 0.135. The van der Waals surface area contributed by atoms with Crippen molar-refractivity contribution in [2.75, 3.05) is 27.2 Å². The third-order valence-electron chi connectivity index (χ3n) is 5.88. The summed E-state index contributed by atoms with van der Waals surface area (Å²) in [7, 11) is 3.41. The molecule has 0 radical (unpaired) electrons. The lowest BCUT2D eigenvalue weighted by Gasteiger charge is -2.34. The Morgan fingerprint density at radius 1 is 1.34 bits per heavy atom. The maximum absolute atomic E-state index is 14.0. The van der Waals surface area contributed by atoms with E-state index in [1.165, 1.54) is 11.0 Å². The predicted octanol–water partition coefficient (Wildman–Crippen LogP) is 2.34. The zero-order valence-electron chi connectivity index (χ0n) is 18.6. The summed E-state index contributed by atoms with van der Waals surface area (Å²) in [5.74, 6) is -2.59. The Morgan fingerprint density at radius 3 is 2.66 bits per heavy atom. The molecule has 7 nitrogen and oxygen atoms in total. The molecule has 172 valence electrons. The number of benzene rings is 1. The van der Waals surface area contributed by atoms with Crippen LogP contribution in [-0.2, 0) is 16.1 Å². The summed E-state index contributed by atoms with van der Waals surface area (Å²) in [6, 6.07) is 2.94. The number of halogens is 2. The highest BCUT2D eigenvalue weighted by molar-refractivity contribution is 6.03. The number of rotatable bonds is 6. The molecule has 0 bridgehead atoms. The molecule has 1 unspecified atom stereocenters. The summed E-state index contributed by atoms with van der Waals surface area (Å²) < 4.78 is 27.2.